The number of nitrogens with zero attached hydrogens (tertiary/aromatic N) is 2. The van der Waals surface area contributed by atoms with E-state index in [0.717, 1.165) is 26.4 Å². The minimum atomic E-state index is -0.430. The molecule has 0 aliphatic carbocycles. The van der Waals surface area contributed by atoms with E-state index in [4.69, 9.17) is 0 Å². The lowest BCUT2D eigenvalue weighted by Crippen LogP contribution is -2.44. The van der Waals surface area contributed by atoms with E-state index in [2.05, 4.69) is 20.8 Å². The van der Waals surface area contributed by atoms with Gasteiger partial charge in [-0.25, -0.2) is 9.97 Å². The molecular weight excluding hydrogens is 380 g/mol. The fourth-order valence-corrected chi connectivity index (χ4v) is 4.50. The predicted octanol–water partition coefficient (Wildman–Crippen LogP) is 3.56. The molecule has 1 aromatic carbocycles. The van der Waals surface area contributed by atoms with Gasteiger partial charge in [-0.2, -0.15) is 0 Å². The van der Waals surface area contributed by atoms with Crippen molar-refractivity contribution in [2.45, 2.75) is 38.0 Å². The average Bonchev–Trinajstić information content (AvgIpc) is 2.95. The van der Waals surface area contributed by atoms with Crippen molar-refractivity contribution in [2.75, 3.05) is 0 Å². The second-order valence-electron chi connectivity index (χ2n) is 6.21. The zero-order valence-electron chi connectivity index (χ0n) is 15.5. The molecule has 3 rings (SSSR count). The van der Waals surface area contributed by atoms with Gasteiger partial charge in [0.2, 0.25) is 0 Å². The van der Waals surface area contributed by atoms with Crippen LogP contribution in [0.25, 0.3) is 10.2 Å². The molecule has 0 radical (unpaired) electrons. The van der Waals surface area contributed by atoms with Gasteiger partial charge in [0.1, 0.15) is 16.2 Å². The van der Waals surface area contributed by atoms with Crippen LogP contribution in [0.15, 0.2) is 35.6 Å². The Bertz CT molecular complexity index is 999. The Morgan fingerprint density at radius 3 is 2.48 bits per heavy atom. The highest BCUT2D eigenvalue weighted by atomic mass is 32.2. The van der Waals surface area contributed by atoms with Crippen LogP contribution in [0.3, 0.4) is 0 Å². The lowest BCUT2D eigenvalue weighted by molar-refractivity contribution is -0.121. The number of hydrazine groups is 1. The summed E-state index contributed by atoms with van der Waals surface area (Å²) in [7, 11) is 0. The lowest BCUT2D eigenvalue weighted by atomic mass is 10.1. The number of carbonyl (C=O) groups is 2. The molecule has 0 spiro atoms. The van der Waals surface area contributed by atoms with Gasteiger partial charge in [0.15, 0.2) is 0 Å². The quantitative estimate of drug-likeness (QED) is 0.397. The molecule has 27 heavy (non-hydrogen) atoms. The summed E-state index contributed by atoms with van der Waals surface area (Å²) in [5, 5.41) is 1.34. The number of aryl methyl sites for hydroxylation is 3. The van der Waals surface area contributed by atoms with Crippen molar-refractivity contribution in [3.8, 4) is 0 Å². The minimum absolute atomic E-state index is 0.295. The number of hydrogen-bond acceptors (Lipinski definition) is 6. The number of benzene rings is 1. The highest BCUT2D eigenvalue weighted by Crippen LogP contribution is 2.35. The van der Waals surface area contributed by atoms with Crippen LogP contribution in [0, 0.1) is 20.8 Å². The maximum absolute atomic E-state index is 12.4. The smallest absolute Gasteiger partial charge is 0.269 e. The van der Waals surface area contributed by atoms with E-state index in [9.17, 15) is 9.59 Å². The largest absolute Gasteiger partial charge is 0.272 e. The normalized spacial score (nSPS) is 12.0. The molecule has 0 unspecified atom stereocenters. The summed E-state index contributed by atoms with van der Waals surface area (Å²) >= 11 is 2.97. The van der Waals surface area contributed by atoms with E-state index in [1.807, 2.05) is 32.9 Å². The fraction of sp³-hybridized carbons (Fsp3) is 0.263. The predicted molar refractivity (Wildman–Crippen MR) is 109 cm³/mol. The second kappa shape index (κ2) is 8.06. The lowest BCUT2D eigenvalue weighted by Gasteiger charge is -2.13. The monoisotopic (exact) mass is 400 g/mol. The van der Waals surface area contributed by atoms with Crippen molar-refractivity contribution in [1.29, 1.82) is 0 Å². The number of fused-ring (bicyclic) bond motifs is 1. The number of rotatable bonds is 4. The molecule has 2 heterocycles. The third-order valence-electron chi connectivity index (χ3n) is 4.20. The summed E-state index contributed by atoms with van der Waals surface area (Å²) < 4.78 is 0. The maximum atomic E-state index is 12.4. The third-order valence-corrected chi connectivity index (χ3v) is 6.42. The van der Waals surface area contributed by atoms with Crippen molar-refractivity contribution < 1.29 is 9.59 Å². The van der Waals surface area contributed by atoms with Crippen LogP contribution in [-0.2, 0) is 4.79 Å². The van der Waals surface area contributed by atoms with Crippen LogP contribution in [0.2, 0.25) is 0 Å². The van der Waals surface area contributed by atoms with Crippen molar-refractivity contribution in [2.24, 2.45) is 0 Å². The van der Waals surface area contributed by atoms with Gasteiger partial charge < -0.3 is 0 Å². The standard InChI is InChI=1S/C19H20N4O2S2/c1-10-5-7-14(8-6-10)17(25)23-22-16(24)13(4)27-19-15-11(2)12(3)26-18(15)20-9-21-19/h5-9,13H,1-4H3,(H,22,24)(H,23,25)/t13-/m1/s1. The van der Waals surface area contributed by atoms with Gasteiger partial charge >= 0.3 is 0 Å². The Kier molecular flexibility index (Phi) is 5.76. The SMILES string of the molecule is Cc1ccc(C(=O)NNC(=O)[C@@H](C)Sc2ncnc3sc(C)c(C)c23)cc1. The summed E-state index contributed by atoms with van der Waals surface area (Å²) in [5.74, 6) is -0.647. The molecule has 0 saturated heterocycles. The number of nitrogens with one attached hydrogen (secondary N) is 2. The molecule has 0 aliphatic heterocycles. The Morgan fingerprint density at radius 2 is 1.78 bits per heavy atom. The first-order chi connectivity index (χ1) is 12.9. The van der Waals surface area contributed by atoms with Gasteiger partial charge in [-0.3, -0.25) is 20.4 Å². The van der Waals surface area contributed by atoms with Crippen LogP contribution in [0.1, 0.15) is 33.3 Å². The molecule has 140 valence electrons. The zero-order valence-corrected chi connectivity index (χ0v) is 17.1. The molecule has 2 amide bonds. The van der Waals surface area contributed by atoms with E-state index in [-0.39, 0.29) is 11.8 Å². The third kappa shape index (κ3) is 4.28. The molecule has 2 N–H and O–H groups in total. The van der Waals surface area contributed by atoms with Crippen LogP contribution >= 0.6 is 23.1 Å². The summed E-state index contributed by atoms with van der Waals surface area (Å²) in [4.78, 5) is 35.3. The minimum Gasteiger partial charge on any atom is -0.272 e. The van der Waals surface area contributed by atoms with Gasteiger partial charge in [0.25, 0.3) is 11.8 Å². The molecule has 2 aromatic heterocycles. The topological polar surface area (TPSA) is 84.0 Å². The number of thioether (sulfide) groups is 1. The Labute approximate surface area is 165 Å². The van der Waals surface area contributed by atoms with Gasteiger partial charge in [-0.05, 0) is 45.4 Å². The fourth-order valence-electron chi connectivity index (χ4n) is 2.46. The van der Waals surface area contributed by atoms with E-state index in [0.29, 0.717) is 5.56 Å². The number of hydrogen-bond donors (Lipinski definition) is 2. The number of carbonyl (C=O) groups excluding carboxylic acids is 2. The number of amides is 2. The Balaban J connectivity index is 1.64. The molecule has 0 saturated carbocycles. The zero-order chi connectivity index (χ0) is 19.6. The highest BCUT2D eigenvalue weighted by molar-refractivity contribution is 8.00. The average molecular weight is 401 g/mol. The molecular formula is C19H20N4O2S2. The number of aromatic nitrogens is 2. The molecule has 0 fully saturated rings. The first kappa shape index (κ1) is 19.3. The van der Waals surface area contributed by atoms with Crippen molar-refractivity contribution in [3.05, 3.63) is 52.2 Å². The van der Waals surface area contributed by atoms with E-state index < -0.39 is 5.25 Å². The van der Waals surface area contributed by atoms with Crippen molar-refractivity contribution in [1.82, 2.24) is 20.8 Å². The van der Waals surface area contributed by atoms with Crippen molar-refractivity contribution in [3.63, 3.8) is 0 Å². The van der Waals surface area contributed by atoms with Crippen molar-refractivity contribution >= 4 is 45.1 Å². The molecule has 1 atom stereocenters. The first-order valence-corrected chi connectivity index (χ1v) is 10.1. The summed E-state index contributed by atoms with van der Waals surface area (Å²) in [5.41, 5.74) is 7.63. The Hall–Kier alpha value is -2.45. The molecule has 0 bridgehead atoms. The van der Waals surface area contributed by atoms with Crippen LogP contribution < -0.4 is 10.9 Å². The van der Waals surface area contributed by atoms with Gasteiger partial charge in [-0.15, -0.1) is 11.3 Å². The molecule has 6 nitrogen and oxygen atoms in total. The van der Waals surface area contributed by atoms with Crippen LogP contribution in [-0.4, -0.2) is 27.0 Å². The summed E-state index contributed by atoms with van der Waals surface area (Å²) in [6, 6.07) is 7.13. The number of thiophene rings is 1. The maximum Gasteiger partial charge on any atom is 0.269 e. The molecule has 8 heteroatoms. The van der Waals surface area contributed by atoms with E-state index >= 15 is 0 Å². The molecule has 0 aliphatic rings. The van der Waals surface area contributed by atoms with E-state index in [1.165, 1.54) is 23.0 Å². The van der Waals surface area contributed by atoms with Crippen LogP contribution in [0.4, 0.5) is 0 Å². The Morgan fingerprint density at radius 1 is 1.07 bits per heavy atom. The first-order valence-electron chi connectivity index (χ1n) is 8.41. The van der Waals surface area contributed by atoms with Crippen LogP contribution in [0.5, 0.6) is 0 Å². The second-order valence-corrected chi connectivity index (χ2v) is 8.74. The van der Waals surface area contributed by atoms with Gasteiger partial charge in [0.05, 0.1) is 5.25 Å². The van der Waals surface area contributed by atoms with E-state index in [1.54, 1.807) is 30.4 Å². The molecule has 3 aromatic rings. The summed E-state index contributed by atoms with van der Waals surface area (Å²) in [6.07, 6.45) is 1.52. The summed E-state index contributed by atoms with van der Waals surface area (Å²) in [6.45, 7) is 7.81. The highest BCUT2D eigenvalue weighted by Gasteiger charge is 2.20. The van der Waals surface area contributed by atoms with Gasteiger partial charge in [0, 0.05) is 15.8 Å². The van der Waals surface area contributed by atoms with Gasteiger partial charge in [-0.1, -0.05) is 29.5 Å².